The maximum Gasteiger partial charge on any atom is 0.122 e. The molecule has 106 valence electrons. The predicted octanol–water partition coefficient (Wildman–Crippen LogP) is 4.51. The van der Waals surface area contributed by atoms with Gasteiger partial charge in [0.1, 0.15) is 5.75 Å². The van der Waals surface area contributed by atoms with Gasteiger partial charge >= 0.3 is 0 Å². The van der Waals surface area contributed by atoms with Gasteiger partial charge in [-0.05, 0) is 55.2 Å². The molecule has 0 atom stereocenters. The number of ether oxygens (including phenoxy) is 1. The van der Waals surface area contributed by atoms with Crippen molar-refractivity contribution in [3.63, 3.8) is 0 Å². The third-order valence-corrected chi connectivity index (χ3v) is 5.44. The monoisotopic (exact) mass is 269 g/mol. The van der Waals surface area contributed by atoms with Crippen LogP contribution in [-0.2, 0) is 5.41 Å². The minimum atomic E-state index is -0.266. The zero-order valence-corrected chi connectivity index (χ0v) is 12.5. The second kappa shape index (κ2) is 4.81. The quantitative estimate of drug-likeness (QED) is 0.791. The Bertz CT molecular complexity index is 541. The lowest BCUT2D eigenvalue weighted by molar-refractivity contribution is 0.0168. The Morgan fingerprint density at radius 3 is 2.45 bits per heavy atom. The van der Waals surface area contributed by atoms with Gasteiger partial charge in [-0.3, -0.25) is 0 Å². The average Bonchev–Trinajstić information content (AvgIpc) is 2.46. The Morgan fingerprint density at radius 2 is 1.85 bits per heavy atom. The fourth-order valence-corrected chi connectivity index (χ4v) is 4.35. The normalized spacial score (nSPS) is 22.9. The molecule has 20 heavy (non-hydrogen) atoms. The maximum atomic E-state index is 9.75. The first-order chi connectivity index (χ1) is 9.63. The summed E-state index contributed by atoms with van der Waals surface area (Å²) in [4.78, 5) is 0. The van der Waals surface area contributed by atoms with Crippen molar-refractivity contribution < 1.29 is 4.74 Å². The van der Waals surface area contributed by atoms with Gasteiger partial charge in [-0.15, -0.1) is 0 Å². The fraction of sp³-hybridized carbons (Fsp3) is 0.611. The van der Waals surface area contributed by atoms with Crippen LogP contribution in [0.1, 0.15) is 56.1 Å². The molecule has 2 nitrogen and oxygen atoms in total. The van der Waals surface area contributed by atoms with E-state index in [1.165, 1.54) is 32.1 Å². The molecule has 0 unspecified atom stereocenters. The third kappa shape index (κ3) is 2.00. The van der Waals surface area contributed by atoms with Crippen LogP contribution in [-0.4, -0.2) is 7.11 Å². The van der Waals surface area contributed by atoms with Gasteiger partial charge in [-0.1, -0.05) is 31.4 Å². The summed E-state index contributed by atoms with van der Waals surface area (Å²) in [5, 5.41) is 9.75. The maximum absolute atomic E-state index is 9.75. The Balaban J connectivity index is 1.87. The van der Waals surface area contributed by atoms with Crippen LogP contribution in [0.25, 0.3) is 0 Å². The molecule has 0 radical (unpaired) electrons. The standard InChI is InChI=1S/C18H23NO/c1-14-6-7-15(10-16(14)20-2)18(13-19)11-17(12-18)8-4-3-5-9-17/h6-7,10H,3-5,8-9,11-12H2,1-2H3. The highest BCUT2D eigenvalue weighted by Crippen LogP contribution is 2.61. The van der Waals surface area contributed by atoms with E-state index < -0.39 is 0 Å². The summed E-state index contributed by atoms with van der Waals surface area (Å²) in [6, 6.07) is 8.90. The summed E-state index contributed by atoms with van der Waals surface area (Å²) in [7, 11) is 1.70. The Labute approximate surface area is 121 Å². The smallest absolute Gasteiger partial charge is 0.122 e. The van der Waals surface area contributed by atoms with E-state index in [1.807, 2.05) is 6.92 Å². The van der Waals surface area contributed by atoms with Crippen LogP contribution in [0, 0.1) is 23.7 Å². The van der Waals surface area contributed by atoms with E-state index in [-0.39, 0.29) is 5.41 Å². The van der Waals surface area contributed by atoms with Crippen LogP contribution >= 0.6 is 0 Å². The number of aryl methyl sites for hydroxylation is 1. The molecule has 0 N–H and O–H groups in total. The highest BCUT2D eigenvalue weighted by molar-refractivity contribution is 5.45. The summed E-state index contributed by atoms with van der Waals surface area (Å²) in [6.45, 7) is 2.05. The average molecular weight is 269 g/mol. The first-order valence-corrected chi connectivity index (χ1v) is 7.70. The number of methoxy groups -OCH3 is 1. The molecular weight excluding hydrogens is 246 g/mol. The third-order valence-electron chi connectivity index (χ3n) is 5.44. The van der Waals surface area contributed by atoms with Crippen LogP contribution < -0.4 is 4.74 Å². The second-order valence-electron chi connectivity index (χ2n) is 6.79. The molecule has 1 aromatic rings. The molecule has 2 aliphatic rings. The van der Waals surface area contributed by atoms with Crippen molar-refractivity contribution in [3.05, 3.63) is 29.3 Å². The fourth-order valence-electron chi connectivity index (χ4n) is 4.35. The molecular formula is C18H23NO. The molecule has 2 aliphatic carbocycles. The van der Waals surface area contributed by atoms with Crippen molar-refractivity contribution in [1.29, 1.82) is 5.26 Å². The van der Waals surface area contributed by atoms with Crippen LogP contribution in [0.15, 0.2) is 18.2 Å². The number of nitrogens with zero attached hydrogens (tertiary/aromatic N) is 1. The van der Waals surface area contributed by atoms with E-state index in [4.69, 9.17) is 4.74 Å². The highest BCUT2D eigenvalue weighted by Gasteiger charge is 2.55. The Kier molecular flexibility index (Phi) is 3.24. The second-order valence-corrected chi connectivity index (χ2v) is 6.79. The minimum absolute atomic E-state index is 0.266. The van der Waals surface area contributed by atoms with Gasteiger partial charge < -0.3 is 4.74 Å². The number of hydrogen-bond acceptors (Lipinski definition) is 2. The molecule has 1 spiro atoms. The van der Waals surface area contributed by atoms with Crippen LogP contribution in [0.4, 0.5) is 0 Å². The largest absolute Gasteiger partial charge is 0.496 e. The summed E-state index contributed by atoms with van der Waals surface area (Å²) < 4.78 is 5.42. The van der Waals surface area contributed by atoms with E-state index in [9.17, 15) is 5.26 Å². The first-order valence-electron chi connectivity index (χ1n) is 7.70. The summed E-state index contributed by atoms with van der Waals surface area (Å²) in [6.07, 6.45) is 8.79. The van der Waals surface area contributed by atoms with Gasteiger partial charge in [0.15, 0.2) is 0 Å². The van der Waals surface area contributed by atoms with Gasteiger partial charge in [0.05, 0.1) is 18.6 Å². The van der Waals surface area contributed by atoms with E-state index in [0.29, 0.717) is 5.41 Å². The van der Waals surface area contributed by atoms with Gasteiger partial charge in [-0.2, -0.15) is 5.26 Å². The van der Waals surface area contributed by atoms with Crippen molar-refractivity contribution in [2.75, 3.05) is 7.11 Å². The van der Waals surface area contributed by atoms with Crippen LogP contribution in [0.2, 0.25) is 0 Å². The highest BCUT2D eigenvalue weighted by atomic mass is 16.5. The molecule has 3 rings (SSSR count). The lowest BCUT2D eigenvalue weighted by Crippen LogP contribution is -2.49. The topological polar surface area (TPSA) is 33.0 Å². The SMILES string of the molecule is COc1cc(C2(C#N)CC3(CCCCC3)C2)ccc1C. The zero-order valence-electron chi connectivity index (χ0n) is 12.5. The Hall–Kier alpha value is -1.49. The molecule has 0 aliphatic heterocycles. The number of benzene rings is 1. The molecule has 1 aromatic carbocycles. The van der Waals surface area contributed by atoms with Crippen LogP contribution in [0.3, 0.4) is 0 Å². The molecule has 2 saturated carbocycles. The van der Waals surface area contributed by atoms with Crippen LogP contribution in [0.5, 0.6) is 5.75 Å². The molecule has 0 aromatic heterocycles. The van der Waals surface area contributed by atoms with Gasteiger partial charge in [0, 0.05) is 0 Å². The van der Waals surface area contributed by atoms with E-state index >= 15 is 0 Å². The van der Waals surface area contributed by atoms with Gasteiger partial charge in [-0.25, -0.2) is 0 Å². The van der Waals surface area contributed by atoms with E-state index in [1.54, 1.807) is 7.11 Å². The lowest BCUT2D eigenvalue weighted by Gasteiger charge is -2.55. The van der Waals surface area contributed by atoms with Crippen molar-refractivity contribution in [3.8, 4) is 11.8 Å². The Morgan fingerprint density at radius 1 is 1.15 bits per heavy atom. The van der Waals surface area contributed by atoms with Crippen molar-refractivity contribution in [2.24, 2.45) is 5.41 Å². The number of nitriles is 1. The first kappa shape index (κ1) is 13.5. The molecule has 0 amide bonds. The molecule has 2 fully saturated rings. The minimum Gasteiger partial charge on any atom is -0.496 e. The molecule has 2 heteroatoms. The van der Waals surface area contributed by atoms with Crippen molar-refractivity contribution in [2.45, 2.75) is 57.3 Å². The molecule has 0 saturated heterocycles. The number of hydrogen-bond donors (Lipinski definition) is 0. The van der Waals surface area contributed by atoms with E-state index in [2.05, 4.69) is 24.3 Å². The number of rotatable bonds is 2. The summed E-state index contributed by atoms with van der Waals surface area (Å²) >= 11 is 0. The predicted molar refractivity (Wildman–Crippen MR) is 79.8 cm³/mol. The van der Waals surface area contributed by atoms with Crippen molar-refractivity contribution >= 4 is 0 Å². The van der Waals surface area contributed by atoms with Gasteiger partial charge in [0.25, 0.3) is 0 Å². The molecule has 0 heterocycles. The lowest BCUT2D eigenvalue weighted by atomic mass is 9.47. The summed E-state index contributed by atoms with van der Waals surface area (Å²) in [5.74, 6) is 0.904. The molecule has 0 bridgehead atoms. The summed E-state index contributed by atoms with van der Waals surface area (Å²) in [5.41, 5.74) is 2.49. The van der Waals surface area contributed by atoms with E-state index in [0.717, 1.165) is 29.7 Å². The van der Waals surface area contributed by atoms with Crippen molar-refractivity contribution in [1.82, 2.24) is 0 Å². The van der Waals surface area contributed by atoms with Gasteiger partial charge in [0.2, 0.25) is 0 Å². The zero-order chi connectivity index (χ0) is 14.2.